The number of carbonyl (C=O) groups is 2. The van der Waals surface area contributed by atoms with E-state index in [4.69, 9.17) is 9.47 Å². The lowest BCUT2D eigenvalue weighted by molar-refractivity contribution is -0.121. The number of nitrogens with zero attached hydrogens (tertiary/aromatic N) is 2. The van der Waals surface area contributed by atoms with Crippen molar-refractivity contribution in [2.75, 3.05) is 19.1 Å². The first-order valence-corrected chi connectivity index (χ1v) is 11.8. The third-order valence-corrected chi connectivity index (χ3v) is 6.20. The second kappa shape index (κ2) is 10.6. The van der Waals surface area contributed by atoms with E-state index in [1.54, 1.807) is 30.3 Å². The molecule has 0 aliphatic rings. The van der Waals surface area contributed by atoms with Crippen molar-refractivity contribution in [2.24, 2.45) is 5.92 Å². The molecule has 1 aromatic heterocycles. The zero-order valence-electron chi connectivity index (χ0n) is 21.2. The third kappa shape index (κ3) is 5.08. The molecule has 0 unspecified atom stereocenters. The molecule has 3 aromatic carbocycles. The Morgan fingerprint density at radius 3 is 2.28 bits per heavy atom. The quantitative estimate of drug-likeness (QED) is 0.294. The Balaban J connectivity index is 1.68. The number of hydrogen-bond donors (Lipinski definition) is 0. The average molecular weight is 483 g/mol. The number of rotatable bonds is 7. The minimum atomic E-state index is -0.405. The van der Waals surface area contributed by atoms with E-state index in [-0.39, 0.29) is 11.8 Å². The molecule has 36 heavy (non-hydrogen) atoms. The zero-order valence-corrected chi connectivity index (χ0v) is 21.2. The van der Waals surface area contributed by atoms with E-state index in [0.29, 0.717) is 17.9 Å². The molecule has 0 aliphatic heterocycles. The summed E-state index contributed by atoms with van der Waals surface area (Å²) in [7, 11) is 3.03. The second-order valence-electron chi connectivity index (χ2n) is 9.02. The Morgan fingerprint density at radius 1 is 0.917 bits per heavy atom. The summed E-state index contributed by atoms with van der Waals surface area (Å²) in [5.41, 5.74) is 4.71. The molecule has 0 saturated heterocycles. The van der Waals surface area contributed by atoms with Gasteiger partial charge in [-0.15, -0.1) is 0 Å². The van der Waals surface area contributed by atoms with E-state index < -0.39 is 5.97 Å². The number of pyridine rings is 1. The maximum Gasteiger partial charge on any atom is 0.337 e. The summed E-state index contributed by atoms with van der Waals surface area (Å²) in [6.45, 7) is 6.16. The molecule has 0 radical (unpaired) electrons. The molecule has 0 bridgehead atoms. The summed E-state index contributed by atoms with van der Waals surface area (Å²) < 4.78 is 10.2. The molecule has 0 saturated carbocycles. The molecule has 184 valence electrons. The highest BCUT2D eigenvalue weighted by molar-refractivity contribution is 6.04. The largest absolute Gasteiger partial charge is 0.496 e. The van der Waals surface area contributed by atoms with E-state index in [2.05, 4.69) is 23.2 Å². The lowest BCUT2D eigenvalue weighted by atomic mass is 10.0. The van der Waals surface area contributed by atoms with Gasteiger partial charge in [-0.25, -0.2) is 9.78 Å². The molecular formula is C30H30N2O4. The van der Waals surface area contributed by atoms with Crippen LogP contribution < -0.4 is 9.64 Å². The van der Waals surface area contributed by atoms with Crippen molar-refractivity contribution in [1.29, 1.82) is 0 Å². The first-order valence-electron chi connectivity index (χ1n) is 11.8. The van der Waals surface area contributed by atoms with Gasteiger partial charge in [-0.3, -0.25) is 9.69 Å². The molecule has 0 atom stereocenters. The van der Waals surface area contributed by atoms with Crippen LogP contribution in [0.1, 0.15) is 35.3 Å². The van der Waals surface area contributed by atoms with E-state index in [9.17, 15) is 9.59 Å². The van der Waals surface area contributed by atoms with Gasteiger partial charge in [-0.2, -0.15) is 0 Å². The topological polar surface area (TPSA) is 68.7 Å². The standard InChI is InChI=1S/C30H30N2O4/c1-19(2)29(33)32(28-26-12-10-25(30(34)36-5)17-24(26)14-15-31-28)18-21-6-8-22(9-7-21)23-11-13-27(35-4)20(3)16-23/h6-17,19H,18H2,1-5H3. The van der Waals surface area contributed by atoms with Crippen LogP contribution in [0.2, 0.25) is 0 Å². The molecule has 0 N–H and O–H groups in total. The Hall–Kier alpha value is -4.19. The van der Waals surface area contributed by atoms with Gasteiger partial charge in [0.1, 0.15) is 11.6 Å². The van der Waals surface area contributed by atoms with Crippen LogP contribution in [-0.4, -0.2) is 31.1 Å². The van der Waals surface area contributed by atoms with Crippen LogP contribution in [0.3, 0.4) is 0 Å². The van der Waals surface area contributed by atoms with Gasteiger partial charge in [0.2, 0.25) is 5.91 Å². The number of carbonyl (C=O) groups excluding carboxylic acids is 2. The van der Waals surface area contributed by atoms with Gasteiger partial charge in [0.25, 0.3) is 0 Å². The fourth-order valence-electron chi connectivity index (χ4n) is 4.23. The highest BCUT2D eigenvalue weighted by Gasteiger charge is 2.23. The SMILES string of the molecule is COC(=O)c1ccc2c(N(Cc3ccc(-c4ccc(OC)c(C)c4)cc3)C(=O)C(C)C)nccc2c1. The minimum absolute atomic E-state index is 0.0260. The summed E-state index contributed by atoms with van der Waals surface area (Å²) in [6.07, 6.45) is 1.66. The van der Waals surface area contributed by atoms with Gasteiger partial charge < -0.3 is 9.47 Å². The van der Waals surface area contributed by atoms with Crippen molar-refractivity contribution in [2.45, 2.75) is 27.3 Å². The molecule has 4 aromatic rings. The molecule has 6 heteroatoms. The summed E-state index contributed by atoms with van der Waals surface area (Å²) in [6, 6.07) is 21.4. The number of benzene rings is 3. The number of anilines is 1. The highest BCUT2D eigenvalue weighted by atomic mass is 16.5. The minimum Gasteiger partial charge on any atom is -0.496 e. The maximum absolute atomic E-state index is 13.3. The highest BCUT2D eigenvalue weighted by Crippen LogP contribution is 2.30. The second-order valence-corrected chi connectivity index (χ2v) is 9.02. The van der Waals surface area contributed by atoms with E-state index in [0.717, 1.165) is 38.8 Å². The Morgan fingerprint density at radius 2 is 1.64 bits per heavy atom. The molecule has 0 aliphatic carbocycles. The summed E-state index contributed by atoms with van der Waals surface area (Å²) in [5, 5.41) is 1.61. The lowest BCUT2D eigenvalue weighted by Crippen LogP contribution is -2.34. The lowest BCUT2D eigenvalue weighted by Gasteiger charge is -2.25. The Bertz CT molecular complexity index is 1410. The fraction of sp³-hybridized carbons (Fsp3) is 0.233. The predicted octanol–water partition coefficient (Wildman–Crippen LogP) is 6.19. The molecule has 1 heterocycles. The first kappa shape index (κ1) is 24.9. The smallest absolute Gasteiger partial charge is 0.337 e. The normalized spacial score (nSPS) is 10.9. The summed E-state index contributed by atoms with van der Waals surface area (Å²) >= 11 is 0. The van der Waals surface area contributed by atoms with Crippen LogP contribution in [0.15, 0.2) is 72.9 Å². The Kier molecular flexibility index (Phi) is 7.34. The van der Waals surface area contributed by atoms with Crippen molar-refractivity contribution in [3.63, 3.8) is 0 Å². The number of hydrogen-bond acceptors (Lipinski definition) is 5. The van der Waals surface area contributed by atoms with Gasteiger partial charge in [0, 0.05) is 17.5 Å². The molecule has 1 amide bonds. The molecule has 4 rings (SSSR count). The van der Waals surface area contributed by atoms with Crippen LogP contribution in [-0.2, 0) is 16.1 Å². The van der Waals surface area contributed by atoms with Gasteiger partial charge in [0.15, 0.2) is 0 Å². The zero-order chi connectivity index (χ0) is 25.8. The van der Waals surface area contributed by atoms with Gasteiger partial charge in [-0.1, -0.05) is 44.2 Å². The van der Waals surface area contributed by atoms with Crippen molar-refractivity contribution < 1.29 is 19.1 Å². The van der Waals surface area contributed by atoms with Crippen molar-refractivity contribution in [1.82, 2.24) is 4.98 Å². The van der Waals surface area contributed by atoms with Crippen LogP contribution in [0.25, 0.3) is 21.9 Å². The predicted molar refractivity (Wildman–Crippen MR) is 142 cm³/mol. The molecule has 6 nitrogen and oxygen atoms in total. The first-order chi connectivity index (χ1) is 17.3. The van der Waals surface area contributed by atoms with Gasteiger partial charge >= 0.3 is 5.97 Å². The molecule has 0 spiro atoms. The maximum atomic E-state index is 13.3. The molecular weight excluding hydrogens is 452 g/mol. The average Bonchev–Trinajstić information content (AvgIpc) is 2.90. The number of ether oxygens (including phenoxy) is 2. The van der Waals surface area contributed by atoms with Crippen LogP contribution in [0, 0.1) is 12.8 Å². The van der Waals surface area contributed by atoms with Gasteiger partial charge in [-0.05, 0) is 71.0 Å². The van der Waals surface area contributed by atoms with Crippen molar-refractivity contribution >= 4 is 28.5 Å². The van der Waals surface area contributed by atoms with E-state index in [1.165, 1.54) is 7.11 Å². The van der Waals surface area contributed by atoms with E-state index in [1.807, 2.05) is 57.2 Å². The fourth-order valence-corrected chi connectivity index (χ4v) is 4.23. The monoisotopic (exact) mass is 482 g/mol. The number of esters is 1. The molecule has 0 fully saturated rings. The summed E-state index contributed by atoms with van der Waals surface area (Å²) in [5.74, 6) is 0.786. The van der Waals surface area contributed by atoms with Crippen molar-refractivity contribution in [3.05, 3.63) is 89.6 Å². The number of aryl methyl sites for hydroxylation is 1. The third-order valence-electron chi connectivity index (χ3n) is 6.20. The number of fused-ring (bicyclic) bond motifs is 1. The summed E-state index contributed by atoms with van der Waals surface area (Å²) in [4.78, 5) is 31.6. The van der Waals surface area contributed by atoms with E-state index >= 15 is 0 Å². The van der Waals surface area contributed by atoms with Crippen LogP contribution in [0.5, 0.6) is 5.75 Å². The number of methoxy groups -OCH3 is 2. The number of amides is 1. The van der Waals surface area contributed by atoms with Gasteiger partial charge in [0.05, 0.1) is 26.3 Å². The van der Waals surface area contributed by atoms with Crippen molar-refractivity contribution in [3.8, 4) is 16.9 Å². The van der Waals surface area contributed by atoms with Crippen LogP contribution in [0.4, 0.5) is 5.82 Å². The van der Waals surface area contributed by atoms with Crippen LogP contribution >= 0.6 is 0 Å². The Labute approximate surface area is 211 Å². The number of aromatic nitrogens is 1.